The fourth-order valence-electron chi connectivity index (χ4n) is 6.10. The highest BCUT2D eigenvalue weighted by Gasteiger charge is 2.40. The van der Waals surface area contributed by atoms with E-state index in [0.717, 1.165) is 49.0 Å². The lowest BCUT2D eigenvalue weighted by Crippen LogP contribution is -2.38. The molecule has 0 saturated heterocycles. The minimum absolute atomic E-state index is 0.257. The molecule has 9 heteroatoms. The Morgan fingerprint density at radius 3 is 1.96 bits per heavy atom. The van der Waals surface area contributed by atoms with Crippen LogP contribution < -0.4 is 0 Å². The number of carboxylic acids is 1. The van der Waals surface area contributed by atoms with E-state index in [4.69, 9.17) is 5.10 Å². The van der Waals surface area contributed by atoms with Crippen molar-refractivity contribution in [1.29, 1.82) is 0 Å². The van der Waals surface area contributed by atoms with Gasteiger partial charge in [0.1, 0.15) is 32.5 Å². The Balaban J connectivity index is 1.44. The van der Waals surface area contributed by atoms with E-state index in [1.165, 1.54) is 11.3 Å². The van der Waals surface area contributed by atoms with Crippen LogP contribution in [0.4, 0.5) is 0 Å². The molecular formula is C37H25N5O2S2. The molecule has 7 nitrogen and oxygen atoms in total. The van der Waals surface area contributed by atoms with Crippen LogP contribution >= 0.6 is 22.7 Å². The van der Waals surface area contributed by atoms with E-state index in [1.807, 2.05) is 93.5 Å². The normalized spacial score (nSPS) is 11.7. The van der Waals surface area contributed by atoms with Crippen molar-refractivity contribution < 1.29 is 9.90 Å². The minimum Gasteiger partial charge on any atom is -0.477 e. The summed E-state index contributed by atoms with van der Waals surface area (Å²) in [6.07, 6.45) is 7.78. The Morgan fingerprint density at radius 2 is 1.39 bits per heavy atom. The van der Waals surface area contributed by atoms with E-state index >= 15 is 0 Å². The van der Waals surface area contributed by atoms with E-state index in [-0.39, 0.29) is 4.88 Å². The number of benzene rings is 3. The van der Waals surface area contributed by atoms with Crippen LogP contribution in [0.3, 0.4) is 0 Å². The number of carbonyl (C=O) groups is 1. The second kappa shape index (κ2) is 11.4. The number of thiazole rings is 1. The number of fused-ring (bicyclic) bond motifs is 1. The smallest absolute Gasteiger partial charge is 0.345 e. The van der Waals surface area contributed by atoms with E-state index in [9.17, 15) is 9.90 Å². The summed E-state index contributed by atoms with van der Waals surface area (Å²) in [6.45, 7) is 0. The largest absolute Gasteiger partial charge is 0.477 e. The zero-order valence-corrected chi connectivity index (χ0v) is 25.9. The first-order valence-electron chi connectivity index (χ1n) is 14.6. The van der Waals surface area contributed by atoms with Gasteiger partial charge in [-0.15, -0.1) is 22.7 Å². The van der Waals surface area contributed by atoms with E-state index < -0.39 is 11.5 Å². The third-order valence-corrected chi connectivity index (χ3v) is 10.0. The number of aromatic carboxylic acids is 1. The van der Waals surface area contributed by atoms with E-state index in [1.54, 1.807) is 23.6 Å². The molecule has 46 heavy (non-hydrogen) atoms. The van der Waals surface area contributed by atoms with Crippen LogP contribution in [-0.2, 0) is 5.54 Å². The molecule has 0 unspecified atom stereocenters. The molecule has 0 saturated carbocycles. The van der Waals surface area contributed by atoms with E-state index in [2.05, 4.69) is 58.8 Å². The number of hydrogen-bond acceptors (Lipinski definition) is 6. The highest BCUT2D eigenvalue weighted by molar-refractivity contribution is 7.17. The summed E-state index contributed by atoms with van der Waals surface area (Å²) in [6, 6.07) is 38.6. The predicted molar refractivity (Wildman–Crippen MR) is 182 cm³/mol. The number of pyridine rings is 1. The van der Waals surface area contributed by atoms with Gasteiger partial charge in [0, 0.05) is 35.1 Å². The zero-order chi connectivity index (χ0) is 31.1. The van der Waals surface area contributed by atoms with Gasteiger partial charge in [-0.2, -0.15) is 5.10 Å². The third kappa shape index (κ3) is 4.56. The molecular weight excluding hydrogens is 611 g/mol. The van der Waals surface area contributed by atoms with Crippen LogP contribution in [0.5, 0.6) is 0 Å². The Morgan fingerprint density at radius 1 is 0.739 bits per heavy atom. The monoisotopic (exact) mass is 635 g/mol. The quantitative estimate of drug-likeness (QED) is 0.169. The summed E-state index contributed by atoms with van der Waals surface area (Å²) >= 11 is 2.78. The maximum absolute atomic E-state index is 12.0. The number of nitrogens with zero attached hydrogens (tertiary/aromatic N) is 5. The van der Waals surface area contributed by atoms with Crippen LogP contribution in [-0.4, -0.2) is 35.2 Å². The lowest BCUT2D eigenvalue weighted by atomic mass is 9.77. The molecule has 0 spiro atoms. The first kappa shape index (κ1) is 27.9. The standard InChI is InChI=1S/C37H25N5O2S2/c43-36(44)32-18-17-31(46-32)34-29(25-16-19-33-39-22-30(41(33)23-25)35-38-20-21-45-35)24-42(40-34)37(26-10-4-1-5-11-26,27-12-6-2-7-13-27)28-14-8-3-9-15-28/h1-24H,(H,43,44). The molecule has 0 bridgehead atoms. The topological polar surface area (TPSA) is 85.3 Å². The molecule has 222 valence electrons. The molecule has 0 radical (unpaired) electrons. The highest BCUT2D eigenvalue weighted by atomic mass is 32.1. The molecule has 0 aliphatic heterocycles. The maximum Gasteiger partial charge on any atom is 0.345 e. The molecule has 0 amide bonds. The molecule has 3 aromatic carbocycles. The van der Waals surface area contributed by atoms with Gasteiger partial charge in [0.05, 0.1) is 11.1 Å². The van der Waals surface area contributed by atoms with Crippen LogP contribution in [0.1, 0.15) is 26.4 Å². The molecule has 5 aromatic heterocycles. The summed E-state index contributed by atoms with van der Waals surface area (Å²) in [4.78, 5) is 22.1. The van der Waals surface area contributed by atoms with Crippen LogP contribution in [0.15, 0.2) is 145 Å². The van der Waals surface area contributed by atoms with Crippen LogP contribution in [0.25, 0.3) is 38.0 Å². The molecule has 0 aliphatic rings. The fraction of sp³-hybridized carbons (Fsp3) is 0.0270. The Labute approximate surface area is 272 Å². The molecule has 0 atom stereocenters. The second-order valence-electron chi connectivity index (χ2n) is 10.7. The maximum atomic E-state index is 12.0. The highest BCUT2D eigenvalue weighted by Crippen LogP contribution is 2.44. The van der Waals surface area contributed by atoms with Crippen molar-refractivity contribution in [2.45, 2.75) is 5.54 Å². The first-order chi connectivity index (χ1) is 22.6. The Kier molecular flexibility index (Phi) is 6.89. The number of thiophene rings is 1. The van der Waals surface area contributed by atoms with Crippen molar-refractivity contribution in [3.05, 3.63) is 167 Å². The fourth-order valence-corrected chi connectivity index (χ4v) is 7.59. The number of aromatic nitrogens is 5. The van der Waals surface area contributed by atoms with Gasteiger partial charge < -0.3 is 5.11 Å². The average Bonchev–Trinajstić information content (AvgIpc) is 3.93. The molecule has 0 aliphatic carbocycles. The summed E-state index contributed by atoms with van der Waals surface area (Å²) in [5, 5.41) is 18.0. The third-order valence-electron chi connectivity index (χ3n) is 8.15. The lowest BCUT2D eigenvalue weighted by molar-refractivity contribution is 0.0702. The van der Waals surface area contributed by atoms with Gasteiger partial charge in [-0.1, -0.05) is 91.0 Å². The summed E-state index contributed by atoms with van der Waals surface area (Å²) < 4.78 is 4.09. The van der Waals surface area contributed by atoms with Crippen molar-refractivity contribution in [3.8, 4) is 32.4 Å². The summed E-state index contributed by atoms with van der Waals surface area (Å²) in [5.41, 5.74) is 6.47. The lowest BCUT2D eigenvalue weighted by Gasteiger charge is -2.36. The molecule has 8 rings (SSSR count). The zero-order valence-electron chi connectivity index (χ0n) is 24.3. The van der Waals surface area contributed by atoms with Gasteiger partial charge in [-0.3, -0.25) is 9.08 Å². The second-order valence-corrected chi connectivity index (χ2v) is 12.7. The van der Waals surface area contributed by atoms with Gasteiger partial charge >= 0.3 is 5.97 Å². The van der Waals surface area contributed by atoms with Crippen molar-refractivity contribution in [2.75, 3.05) is 0 Å². The Bertz CT molecular complexity index is 2190. The molecule has 1 N–H and O–H groups in total. The van der Waals surface area contributed by atoms with Crippen LogP contribution in [0, 0.1) is 0 Å². The van der Waals surface area contributed by atoms with Crippen molar-refractivity contribution >= 4 is 34.3 Å². The molecule has 8 aromatic rings. The van der Waals surface area contributed by atoms with Gasteiger partial charge in [0.25, 0.3) is 0 Å². The molecule has 5 heterocycles. The summed E-state index contributed by atoms with van der Waals surface area (Å²) in [7, 11) is 0. The first-order valence-corrected chi connectivity index (χ1v) is 16.3. The van der Waals surface area contributed by atoms with Gasteiger partial charge in [0.15, 0.2) is 0 Å². The number of imidazole rings is 1. The predicted octanol–water partition coefficient (Wildman–Crippen LogP) is 8.59. The number of hydrogen-bond donors (Lipinski definition) is 1. The SMILES string of the molecule is O=C(O)c1ccc(-c2nn(C(c3ccccc3)(c3ccccc3)c3ccccc3)cc2-c2ccc3ncc(-c4nccs4)n3c2)s1. The number of rotatable bonds is 8. The van der Waals surface area contributed by atoms with Gasteiger partial charge in [-0.25, -0.2) is 14.8 Å². The minimum atomic E-state index is -0.961. The van der Waals surface area contributed by atoms with Crippen LogP contribution in [0.2, 0.25) is 0 Å². The Hall–Kier alpha value is -5.64. The van der Waals surface area contributed by atoms with Crippen molar-refractivity contribution in [3.63, 3.8) is 0 Å². The van der Waals surface area contributed by atoms with Crippen molar-refractivity contribution in [2.24, 2.45) is 0 Å². The average molecular weight is 636 g/mol. The van der Waals surface area contributed by atoms with E-state index in [0.29, 0.717) is 5.69 Å². The molecule has 0 fully saturated rings. The van der Waals surface area contributed by atoms with Gasteiger partial charge in [0.2, 0.25) is 0 Å². The number of carboxylic acid groups (broad SMARTS) is 1. The summed E-state index contributed by atoms with van der Waals surface area (Å²) in [5.74, 6) is -0.961. The van der Waals surface area contributed by atoms with Gasteiger partial charge in [-0.05, 0) is 41.0 Å². The van der Waals surface area contributed by atoms with Crippen molar-refractivity contribution in [1.82, 2.24) is 24.1 Å².